The van der Waals surface area contributed by atoms with Crippen LogP contribution in [0.25, 0.3) is 0 Å². The lowest BCUT2D eigenvalue weighted by Gasteiger charge is -2.18. The van der Waals surface area contributed by atoms with E-state index in [2.05, 4.69) is 27.7 Å². The fraction of sp³-hybridized carbons (Fsp3) is 0.556. The average Bonchev–Trinajstić information content (AvgIpc) is 2.43. The molecule has 0 spiro atoms. The summed E-state index contributed by atoms with van der Waals surface area (Å²) in [6.45, 7) is 9.92. The summed E-state index contributed by atoms with van der Waals surface area (Å²) in [6.07, 6.45) is 0.705. The molecule has 0 aliphatic carbocycles. The van der Waals surface area contributed by atoms with Crippen molar-refractivity contribution in [3.8, 4) is 5.75 Å². The highest BCUT2D eigenvalue weighted by Gasteiger charge is 2.17. The normalized spacial score (nSPS) is 10.9. The maximum Gasteiger partial charge on any atom is 0.311 e. The van der Waals surface area contributed by atoms with Crippen LogP contribution in [0.4, 0.5) is 0 Å². The second kappa shape index (κ2) is 8.57. The van der Waals surface area contributed by atoms with Gasteiger partial charge in [-0.05, 0) is 29.4 Å². The summed E-state index contributed by atoms with van der Waals surface area (Å²) in [7, 11) is 0. The molecule has 0 aromatic heterocycles. The molecule has 4 heteroatoms. The molecule has 0 atom stereocenters. The minimum Gasteiger partial charge on any atom is -0.466 e. The van der Waals surface area contributed by atoms with Gasteiger partial charge in [0.15, 0.2) is 0 Å². The molecule has 122 valence electrons. The zero-order chi connectivity index (χ0) is 16.7. The first-order valence-corrected chi connectivity index (χ1v) is 7.79. The van der Waals surface area contributed by atoms with Gasteiger partial charge in [-0.3, -0.25) is 9.59 Å². The Hall–Kier alpha value is -1.84. The van der Waals surface area contributed by atoms with E-state index < -0.39 is 0 Å². The molecule has 0 aliphatic heterocycles. The van der Waals surface area contributed by atoms with Gasteiger partial charge in [-0.2, -0.15) is 0 Å². The lowest BCUT2D eigenvalue weighted by atomic mass is 9.94. The van der Waals surface area contributed by atoms with Crippen molar-refractivity contribution in [1.29, 1.82) is 0 Å². The third-order valence-electron chi connectivity index (χ3n) is 3.37. The molecule has 0 unspecified atom stereocenters. The largest absolute Gasteiger partial charge is 0.466 e. The maximum atomic E-state index is 12.0. The number of carbonyl (C=O) groups excluding carboxylic acids is 2. The number of carbonyl (C=O) groups is 2. The number of esters is 2. The van der Waals surface area contributed by atoms with Crippen molar-refractivity contribution in [3.63, 3.8) is 0 Å². The van der Waals surface area contributed by atoms with Crippen LogP contribution in [0.2, 0.25) is 0 Å². The molecule has 0 saturated heterocycles. The van der Waals surface area contributed by atoms with Gasteiger partial charge in [0.05, 0.1) is 6.61 Å². The Labute approximate surface area is 132 Å². The summed E-state index contributed by atoms with van der Waals surface area (Å²) in [5.41, 5.74) is 2.08. The Morgan fingerprint density at radius 2 is 1.59 bits per heavy atom. The highest BCUT2D eigenvalue weighted by Crippen LogP contribution is 2.34. The Morgan fingerprint density at radius 3 is 2.05 bits per heavy atom. The lowest BCUT2D eigenvalue weighted by Crippen LogP contribution is -2.13. The van der Waals surface area contributed by atoms with E-state index in [1.807, 2.05) is 18.2 Å². The van der Waals surface area contributed by atoms with Gasteiger partial charge in [0, 0.05) is 13.3 Å². The van der Waals surface area contributed by atoms with Crippen molar-refractivity contribution in [1.82, 2.24) is 0 Å². The van der Waals surface area contributed by atoms with E-state index in [1.165, 1.54) is 6.92 Å². The summed E-state index contributed by atoms with van der Waals surface area (Å²) in [5.74, 6) is 0.623. The van der Waals surface area contributed by atoms with E-state index in [0.717, 1.165) is 11.1 Å². The van der Waals surface area contributed by atoms with E-state index in [1.54, 1.807) is 0 Å². The molecule has 0 fully saturated rings. The summed E-state index contributed by atoms with van der Waals surface area (Å²) in [6, 6.07) is 6.00. The third-order valence-corrected chi connectivity index (χ3v) is 3.37. The van der Waals surface area contributed by atoms with Gasteiger partial charge in [-0.1, -0.05) is 45.9 Å². The second-order valence-corrected chi connectivity index (χ2v) is 5.99. The quantitative estimate of drug-likeness (QED) is 0.431. The predicted octanol–water partition coefficient (Wildman–Crippen LogP) is 4.18. The molecule has 0 N–H and O–H groups in total. The molecule has 1 aromatic rings. The van der Waals surface area contributed by atoms with Crippen LogP contribution in [0.15, 0.2) is 18.2 Å². The first-order valence-electron chi connectivity index (χ1n) is 7.79. The Morgan fingerprint density at radius 1 is 1.05 bits per heavy atom. The SMILES string of the molecule is CC(=O)OCCCC(=O)Oc1c(C(C)C)cccc1C(C)C. The van der Waals surface area contributed by atoms with Crippen molar-refractivity contribution < 1.29 is 19.1 Å². The molecule has 0 aliphatic rings. The standard InChI is InChI=1S/C18H26O4/c1-12(2)15-8-6-9-16(13(3)4)18(15)22-17(20)10-7-11-21-14(5)19/h6,8-9,12-13H,7,10-11H2,1-5H3. The monoisotopic (exact) mass is 306 g/mol. The van der Waals surface area contributed by atoms with Crippen LogP contribution < -0.4 is 4.74 Å². The molecule has 22 heavy (non-hydrogen) atoms. The maximum absolute atomic E-state index is 12.0. The first kappa shape index (κ1) is 18.2. The average molecular weight is 306 g/mol. The van der Waals surface area contributed by atoms with Crippen molar-refractivity contribution in [2.45, 2.75) is 59.3 Å². The highest BCUT2D eigenvalue weighted by molar-refractivity contribution is 5.73. The predicted molar refractivity (Wildman–Crippen MR) is 86.1 cm³/mol. The zero-order valence-corrected chi connectivity index (χ0v) is 14.1. The van der Waals surface area contributed by atoms with Gasteiger partial charge in [0.1, 0.15) is 5.75 Å². The molecule has 0 amide bonds. The van der Waals surface area contributed by atoms with E-state index in [-0.39, 0.29) is 36.8 Å². The number of hydrogen-bond donors (Lipinski definition) is 0. The van der Waals surface area contributed by atoms with Crippen LogP contribution in [0.3, 0.4) is 0 Å². The second-order valence-electron chi connectivity index (χ2n) is 5.99. The van der Waals surface area contributed by atoms with Crippen molar-refractivity contribution in [2.75, 3.05) is 6.61 Å². The lowest BCUT2D eigenvalue weighted by molar-refractivity contribution is -0.142. The van der Waals surface area contributed by atoms with Crippen LogP contribution in [0, 0.1) is 0 Å². The molecule has 0 bridgehead atoms. The minimum absolute atomic E-state index is 0.233. The molecule has 4 nitrogen and oxygen atoms in total. The van der Waals surface area contributed by atoms with Crippen molar-refractivity contribution in [3.05, 3.63) is 29.3 Å². The molecule has 1 rings (SSSR count). The van der Waals surface area contributed by atoms with Gasteiger partial charge < -0.3 is 9.47 Å². The Kier molecular flexibility index (Phi) is 7.09. The molecule has 0 radical (unpaired) electrons. The number of benzene rings is 1. The van der Waals surface area contributed by atoms with Crippen molar-refractivity contribution in [2.24, 2.45) is 0 Å². The molecular weight excluding hydrogens is 280 g/mol. The van der Waals surface area contributed by atoms with E-state index >= 15 is 0 Å². The number of para-hydroxylation sites is 1. The van der Waals surface area contributed by atoms with E-state index in [4.69, 9.17) is 9.47 Å². The zero-order valence-electron chi connectivity index (χ0n) is 14.1. The summed E-state index contributed by atoms with van der Waals surface area (Å²) in [5, 5.41) is 0. The fourth-order valence-electron chi connectivity index (χ4n) is 2.20. The van der Waals surface area contributed by atoms with Crippen LogP contribution in [0.5, 0.6) is 5.75 Å². The molecule has 0 saturated carbocycles. The summed E-state index contributed by atoms with van der Waals surface area (Å²) >= 11 is 0. The van der Waals surface area contributed by atoms with Crippen molar-refractivity contribution >= 4 is 11.9 Å². The molecule has 1 aromatic carbocycles. The van der Waals surface area contributed by atoms with E-state index in [9.17, 15) is 9.59 Å². The Bertz CT molecular complexity index is 492. The molecular formula is C18H26O4. The summed E-state index contributed by atoms with van der Waals surface area (Å²) < 4.78 is 10.4. The highest BCUT2D eigenvalue weighted by atomic mass is 16.5. The first-order chi connectivity index (χ1) is 10.3. The van der Waals surface area contributed by atoms with Gasteiger partial charge in [-0.25, -0.2) is 0 Å². The van der Waals surface area contributed by atoms with Gasteiger partial charge >= 0.3 is 11.9 Å². The number of ether oxygens (including phenoxy) is 2. The van der Waals surface area contributed by atoms with Crippen LogP contribution in [-0.4, -0.2) is 18.5 Å². The van der Waals surface area contributed by atoms with Gasteiger partial charge in [0.25, 0.3) is 0 Å². The summed E-state index contributed by atoms with van der Waals surface area (Å²) in [4.78, 5) is 22.7. The molecule has 0 heterocycles. The number of rotatable bonds is 7. The topological polar surface area (TPSA) is 52.6 Å². The van der Waals surface area contributed by atoms with Gasteiger partial charge in [0.2, 0.25) is 0 Å². The Balaban J connectivity index is 2.78. The number of hydrogen-bond acceptors (Lipinski definition) is 4. The van der Waals surface area contributed by atoms with Crippen LogP contribution >= 0.6 is 0 Å². The van der Waals surface area contributed by atoms with Gasteiger partial charge in [-0.15, -0.1) is 0 Å². The minimum atomic E-state index is -0.333. The smallest absolute Gasteiger partial charge is 0.311 e. The van der Waals surface area contributed by atoms with Crippen LogP contribution in [0.1, 0.15) is 70.4 Å². The fourth-order valence-corrected chi connectivity index (χ4v) is 2.20. The van der Waals surface area contributed by atoms with E-state index in [0.29, 0.717) is 12.2 Å². The third kappa shape index (κ3) is 5.51. The van der Waals surface area contributed by atoms with Crippen LogP contribution in [-0.2, 0) is 14.3 Å².